The van der Waals surface area contributed by atoms with Gasteiger partial charge in [0.05, 0.1) is 4.90 Å². The Morgan fingerprint density at radius 2 is 1.84 bits per heavy atom. The van der Waals surface area contributed by atoms with Gasteiger partial charge >= 0.3 is 0 Å². The fraction of sp³-hybridized carbons (Fsp3) is 0.167. The van der Waals surface area contributed by atoms with Crippen LogP contribution in [-0.2, 0) is 14.8 Å². The van der Waals surface area contributed by atoms with Crippen molar-refractivity contribution < 1.29 is 13.2 Å². The number of hydrogen-bond acceptors (Lipinski definition) is 3. The molecule has 0 unspecified atom stereocenters. The van der Waals surface area contributed by atoms with Crippen molar-refractivity contribution in [3.8, 4) is 0 Å². The number of rotatable bonds is 6. The lowest BCUT2D eigenvalue weighted by atomic mass is 10.2. The van der Waals surface area contributed by atoms with Gasteiger partial charge < -0.3 is 5.32 Å². The number of carbonyl (C=O) groups is 1. The first-order chi connectivity index (χ1) is 11.8. The standard InChI is InChI=1S/C18H19IN2O3S/c1-3-20-25(23,24)16-8-4-14(5-9-16)6-11-18(22)21-17-10-7-15(19)12-13(17)2/h4-12,20H,3H2,1-2H3,(H,21,22)/b11-6+. The van der Waals surface area contributed by atoms with Crippen LogP contribution in [-0.4, -0.2) is 20.9 Å². The third-order valence-electron chi connectivity index (χ3n) is 3.40. The molecule has 0 saturated carbocycles. The van der Waals surface area contributed by atoms with Gasteiger partial charge in [-0.25, -0.2) is 13.1 Å². The highest BCUT2D eigenvalue weighted by Crippen LogP contribution is 2.18. The third-order valence-corrected chi connectivity index (χ3v) is 5.63. The number of nitrogens with one attached hydrogen (secondary N) is 2. The van der Waals surface area contributed by atoms with Gasteiger partial charge in [-0.15, -0.1) is 0 Å². The zero-order valence-electron chi connectivity index (χ0n) is 13.9. The summed E-state index contributed by atoms with van der Waals surface area (Å²) in [5.74, 6) is -0.242. The normalized spacial score (nSPS) is 11.6. The lowest BCUT2D eigenvalue weighted by molar-refractivity contribution is -0.111. The van der Waals surface area contributed by atoms with Crippen molar-refractivity contribution >= 4 is 50.3 Å². The van der Waals surface area contributed by atoms with Gasteiger partial charge in [-0.05, 0) is 77.0 Å². The maximum atomic E-state index is 12.0. The minimum atomic E-state index is -3.46. The van der Waals surface area contributed by atoms with Crippen LogP contribution < -0.4 is 10.0 Å². The van der Waals surface area contributed by atoms with Gasteiger partial charge in [0, 0.05) is 21.9 Å². The van der Waals surface area contributed by atoms with E-state index < -0.39 is 10.0 Å². The van der Waals surface area contributed by atoms with Crippen molar-refractivity contribution in [3.05, 3.63) is 63.2 Å². The molecule has 0 aliphatic rings. The van der Waals surface area contributed by atoms with Crippen LogP contribution >= 0.6 is 22.6 Å². The summed E-state index contributed by atoms with van der Waals surface area (Å²) in [6.45, 7) is 4.00. The molecule has 5 nitrogen and oxygen atoms in total. The summed E-state index contributed by atoms with van der Waals surface area (Å²) in [5, 5.41) is 2.83. The lowest BCUT2D eigenvalue weighted by Gasteiger charge is -2.06. The highest BCUT2D eigenvalue weighted by Gasteiger charge is 2.11. The Kier molecular flexibility index (Phi) is 6.74. The third kappa shape index (κ3) is 5.65. The van der Waals surface area contributed by atoms with E-state index in [0.29, 0.717) is 6.54 Å². The Bertz CT molecular complexity index is 891. The van der Waals surface area contributed by atoms with Crippen LogP contribution in [0.25, 0.3) is 6.08 Å². The molecule has 0 aliphatic heterocycles. The zero-order chi connectivity index (χ0) is 18.4. The first-order valence-corrected chi connectivity index (χ1v) is 10.2. The van der Waals surface area contributed by atoms with E-state index in [9.17, 15) is 13.2 Å². The van der Waals surface area contributed by atoms with Crippen LogP contribution in [0.4, 0.5) is 5.69 Å². The van der Waals surface area contributed by atoms with E-state index in [1.54, 1.807) is 25.1 Å². The molecule has 0 heterocycles. The minimum Gasteiger partial charge on any atom is -0.322 e. The summed E-state index contributed by atoms with van der Waals surface area (Å²) >= 11 is 2.22. The smallest absolute Gasteiger partial charge is 0.248 e. The fourth-order valence-electron chi connectivity index (χ4n) is 2.15. The molecule has 0 spiro atoms. The second kappa shape index (κ2) is 8.59. The molecule has 7 heteroatoms. The van der Waals surface area contributed by atoms with Gasteiger partial charge in [0.2, 0.25) is 15.9 Å². The second-order valence-electron chi connectivity index (χ2n) is 5.35. The first-order valence-electron chi connectivity index (χ1n) is 7.67. The van der Waals surface area contributed by atoms with E-state index in [2.05, 4.69) is 32.6 Å². The van der Waals surface area contributed by atoms with Gasteiger partial charge in [-0.2, -0.15) is 0 Å². The van der Waals surface area contributed by atoms with Crippen LogP contribution in [0.5, 0.6) is 0 Å². The fourth-order valence-corrected chi connectivity index (χ4v) is 3.83. The molecule has 2 N–H and O–H groups in total. The highest BCUT2D eigenvalue weighted by atomic mass is 127. The monoisotopic (exact) mass is 470 g/mol. The summed E-state index contributed by atoms with van der Waals surface area (Å²) in [6, 6.07) is 12.1. The maximum Gasteiger partial charge on any atom is 0.248 e. The molecule has 1 amide bonds. The minimum absolute atomic E-state index is 0.200. The van der Waals surface area contributed by atoms with Crippen molar-refractivity contribution in [2.24, 2.45) is 0 Å². The van der Waals surface area contributed by atoms with Gasteiger partial charge in [0.15, 0.2) is 0 Å². The molecule has 0 atom stereocenters. The largest absolute Gasteiger partial charge is 0.322 e. The number of anilines is 1. The Morgan fingerprint density at radius 3 is 2.44 bits per heavy atom. The number of carbonyl (C=O) groups excluding carboxylic acids is 1. The van der Waals surface area contributed by atoms with E-state index >= 15 is 0 Å². The molecule has 2 aromatic carbocycles. The molecule has 0 fully saturated rings. The average molecular weight is 470 g/mol. The first kappa shape index (κ1) is 19.6. The summed E-state index contributed by atoms with van der Waals surface area (Å²) in [4.78, 5) is 12.2. The number of aryl methyl sites for hydroxylation is 1. The molecule has 2 rings (SSSR count). The van der Waals surface area contributed by atoms with E-state index in [1.165, 1.54) is 18.2 Å². The summed E-state index contributed by atoms with van der Waals surface area (Å²) in [7, 11) is -3.46. The number of hydrogen-bond donors (Lipinski definition) is 2. The Morgan fingerprint density at radius 1 is 1.16 bits per heavy atom. The van der Waals surface area contributed by atoms with Crippen molar-refractivity contribution in [1.82, 2.24) is 4.72 Å². The molecule has 132 valence electrons. The van der Waals surface area contributed by atoms with Crippen molar-refractivity contribution in [2.45, 2.75) is 18.7 Å². The van der Waals surface area contributed by atoms with Gasteiger partial charge in [0.25, 0.3) is 0 Å². The highest BCUT2D eigenvalue weighted by molar-refractivity contribution is 14.1. The van der Waals surface area contributed by atoms with Crippen molar-refractivity contribution in [3.63, 3.8) is 0 Å². The summed E-state index contributed by atoms with van der Waals surface area (Å²) in [6.07, 6.45) is 3.06. The SMILES string of the molecule is CCNS(=O)(=O)c1ccc(/C=C/C(=O)Nc2ccc(I)cc2C)cc1. The van der Waals surface area contributed by atoms with E-state index in [-0.39, 0.29) is 10.8 Å². The Balaban J connectivity index is 2.05. The molecule has 0 aromatic heterocycles. The van der Waals surface area contributed by atoms with Crippen LogP contribution in [0.15, 0.2) is 53.4 Å². The lowest BCUT2D eigenvalue weighted by Crippen LogP contribution is -2.22. The predicted octanol–water partition coefficient (Wildman–Crippen LogP) is 3.55. The molecule has 0 bridgehead atoms. The zero-order valence-corrected chi connectivity index (χ0v) is 16.9. The summed E-state index contributed by atoms with van der Waals surface area (Å²) < 4.78 is 27.3. The van der Waals surface area contributed by atoms with Crippen molar-refractivity contribution in [2.75, 3.05) is 11.9 Å². The maximum absolute atomic E-state index is 12.0. The number of benzene rings is 2. The molecular formula is C18H19IN2O3S. The van der Waals surface area contributed by atoms with Crippen LogP contribution in [0.1, 0.15) is 18.1 Å². The molecule has 0 aliphatic carbocycles. The van der Waals surface area contributed by atoms with Gasteiger partial charge in [-0.1, -0.05) is 19.1 Å². The molecule has 0 saturated heterocycles. The van der Waals surface area contributed by atoms with Gasteiger partial charge in [0.1, 0.15) is 0 Å². The Labute approximate surface area is 161 Å². The number of halogens is 1. The number of sulfonamides is 1. The molecule has 0 radical (unpaired) electrons. The molecule has 25 heavy (non-hydrogen) atoms. The van der Waals surface area contributed by atoms with Gasteiger partial charge in [-0.3, -0.25) is 4.79 Å². The molecule has 2 aromatic rings. The summed E-state index contributed by atoms with van der Waals surface area (Å²) in [5.41, 5.74) is 2.50. The average Bonchev–Trinajstić information content (AvgIpc) is 2.56. The molecular weight excluding hydrogens is 451 g/mol. The van der Waals surface area contributed by atoms with E-state index in [0.717, 1.165) is 20.4 Å². The van der Waals surface area contributed by atoms with Crippen LogP contribution in [0.2, 0.25) is 0 Å². The van der Waals surface area contributed by atoms with Crippen LogP contribution in [0.3, 0.4) is 0 Å². The van der Waals surface area contributed by atoms with Crippen molar-refractivity contribution in [1.29, 1.82) is 0 Å². The predicted molar refractivity (Wildman–Crippen MR) is 109 cm³/mol. The quantitative estimate of drug-likeness (QED) is 0.501. The van der Waals surface area contributed by atoms with E-state index in [4.69, 9.17) is 0 Å². The van der Waals surface area contributed by atoms with Crippen LogP contribution in [0, 0.1) is 10.5 Å². The second-order valence-corrected chi connectivity index (χ2v) is 8.36. The Hall–Kier alpha value is -1.71. The topological polar surface area (TPSA) is 75.3 Å². The van der Waals surface area contributed by atoms with E-state index in [1.807, 2.05) is 25.1 Å². The number of amides is 1.